The summed E-state index contributed by atoms with van der Waals surface area (Å²) in [5.74, 6) is -0.107. The summed E-state index contributed by atoms with van der Waals surface area (Å²) in [6, 6.07) is 23.0. The van der Waals surface area contributed by atoms with Crippen LogP contribution in [0.5, 0.6) is 11.5 Å². The molecule has 0 saturated carbocycles. The van der Waals surface area contributed by atoms with Crippen molar-refractivity contribution >= 4 is 0 Å². The molecule has 0 spiro atoms. The summed E-state index contributed by atoms with van der Waals surface area (Å²) >= 11 is 0. The molecule has 0 atom stereocenters. The van der Waals surface area contributed by atoms with Gasteiger partial charge in [-0.25, -0.2) is 0 Å². The van der Waals surface area contributed by atoms with E-state index in [9.17, 15) is 36.6 Å². The highest BCUT2D eigenvalue weighted by Gasteiger charge is 2.72. The Balaban J connectivity index is 0.000000230. The molecule has 212 valence electrons. The van der Waals surface area contributed by atoms with E-state index in [1.165, 1.54) is 28.8 Å². The van der Waals surface area contributed by atoms with Gasteiger partial charge in [-0.1, -0.05) is 97.8 Å². The quantitative estimate of drug-likeness (QED) is 0.244. The van der Waals surface area contributed by atoms with Gasteiger partial charge in [-0.15, -0.1) is 0 Å². The number of phenolic OH excluding ortho intramolecular Hbond substituents is 2. The minimum absolute atomic E-state index is 0.0403. The molecule has 0 unspecified atom stereocenters. The Morgan fingerprint density at radius 1 is 0.425 bits per heavy atom. The SMILES string of the molecule is Cc1ccc(C(C)(C)c2ccc(O)cc2)cc1.Cc1ccc(C(c2ccc(O)cc2)(C(F)(F)F)C(F)(F)F)cc1. The van der Waals surface area contributed by atoms with E-state index in [1.54, 1.807) is 19.1 Å². The number of hydrogen-bond acceptors (Lipinski definition) is 2. The molecule has 0 amide bonds. The second kappa shape index (κ2) is 11.3. The van der Waals surface area contributed by atoms with Crippen molar-refractivity contribution in [2.45, 2.75) is 50.9 Å². The molecule has 0 saturated heterocycles. The lowest BCUT2D eigenvalue weighted by Crippen LogP contribution is -2.54. The van der Waals surface area contributed by atoms with Gasteiger partial charge >= 0.3 is 12.4 Å². The second-order valence-electron chi connectivity index (χ2n) is 10.2. The predicted octanol–water partition coefficient (Wildman–Crippen LogP) is 9.14. The van der Waals surface area contributed by atoms with Crippen molar-refractivity contribution in [3.8, 4) is 11.5 Å². The van der Waals surface area contributed by atoms with Crippen molar-refractivity contribution in [2.75, 3.05) is 0 Å². The van der Waals surface area contributed by atoms with Crippen molar-refractivity contribution in [3.05, 3.63) is 130 Å². The third kappa shape index (κ3) is 6.11. The summed E-state index contributed by atoms with van der Waals surface area (Å²) < 4.78 is 82.0. The number of rotatable bonds is 4. The van der Waals surface area contributed by atoms with Gasteiger partial charge < -0.3 is 10.2 Å². The van der Waals surface area contributed by atoms with E-state index < -0.39 is 34.6 Å². The number of alkyl halides is 6. The van der Waals surface area contributed by atoms with Gasteiger partial charge in [0.25, 0.3) is 0 Å². The van der Waals surface area contributed by atoms with Crippen LogP contribution < -0.4 is 0 Å². The molecule has 2 nitrogen and oxygen atoms in total. The van der Waals surface area contributed by atoms with Crippen LogP contribution in [0.15, 0.2) is 97.1 Å². The smallest absolute Gasteiger partial charge is 0.411 e. The summed E-state index contributed by atoms with van der Waals surface area (Å²) in [6.07, 6.45) is -11.2. The Morgan fingerprint density at radius 2 is 0.675 bits per heavy atom. The molecular formula is C32H30F6O2. The maximum Gasteiger partial charge on any atom is 0.411 e. The first kappa shape index (κ1) is 30.6. The third-order valence-corrected chi connectivity index (χ3v) is 7.00. The zero-order valence-corrected chi connectivity index (χ0v) is 22.4. The first-order chi connectivity index (χ1) is 18.5. The Morgan fingerprint density at radius 3 is 0.975 bits per heavy atom. The maximum absolute atomic E-state index is 13.7. The largest absolute Gasteiger partial charge is 0.508 e. The maximum atomic E-state index is 13.7. The number of phenols is 2. The minimum Gasteiger partial charge on any atom is -0.508 e. The van der Waals surface area contributed by atoms with E-state index in [4.69, 9.17) is 0 Å². The summed E-state index contributed by atoms with van der Waals surface area (Å²) in [7, 11) is 0. The van der Waals surface area contributed by atoms with Crippen LogP contribution in [0.3, 0.4) is 0 Å². The van der Waals surface area contributed by atoms with Crippen LogP contribution in [-0.4, -0.2) is 22.6 Å². The van der Waals surface area contributed by atoms with Crippen LogP contribution in [0.1, 0.15) is 47.2 Å². The number of aryl methyl sites for hydroxylation is 2. The minimum atomic E-state index is -5.61. The molecule has 0 aliphatic heterocycles. The molecular weight excluding hydrogens is 530 g/mol. The fraction of sp³-hybridized carbons (Fsp3) is 0.250. The van der Waals surface area contributed by atoms with Crippen molar-refractivity contribution in [2.24, 2.45) is 0 Å². The van der Waals surface area contributed by atoms with E-state index in [0.717, 1.165) is 24.3 Å². The lowest BCUT2D eigenvalue weighted by molar-refractivity contribution is -0.288. The average Bonchev–Trinajstić information content (AvgIpc) is 2.86. The van der Waals surface area contributed by atoms with E-state index >= 15 is 0 Å². The van der Waals surface area contributed by atoms with Crippen molar-refractivity contribution in [1.29, 1.82) is 0 Å². The lowest BCUT2D eigenvalue weighted by Gasteiger charge is -2.38. The van der Waals surface area contributed by atoms with Crippen LogP contribution in [0.4, 0.5) is 26.3 Å². The van der Waals surface area contributed by atoms with E-state index in [2.05, 4.69) is 45.0 Å². The zero-order valence-electron chi connectivity index (χ0n) is 22.4. The van der Waals surface area contributed by atoms with Gasteiger partial charge in [0.05, 0.1) is 0 Å². The molecule has 0 fully saturated rings. The first-order valence-corrected chi connectivity index (χ1v) is 12.4. The molecule has 2 N–H and O–H groups in total. The molecule has 8 heteroatoms. The van der Waals surface area contributed by atoms with Crippen LogP contribution in [0.25, 0.3) is 0 Å². The predicted molar refractivity (Wildman–Crippen MR) is 144 cm³/mol. The van der Waals surface area contributed by atoms with Gasteiger partial charge in [-0.3, -0.25) is 0 Å². The Bertz CT molecular complexity index is 1280. The monoisotopic (exact) mass is 560 g/mol. The van der Waals surface area contributed by atoms with E-state index in [-0.39, 0.29) is 5.41 Å². The molecule has 4 rings (SSSR count). The molecule has 40 heavy (non-hydrogen) atoms. The van der Waals surface area contributed by atoms with Crippen LogP contribution in [-0.2, 0) is 10.8 Å². The molecule has 0 aliphatic rings. The Labute approximate surface area is 229 Å². The number of aromatic hydroxyl groups is 2. The second-order valence-corrected chi connectivity index (χ2v) is 10.2. The van der Waals surface area contributed by atoms with Gasteiger partial charge in [0, 0.05) is 5.41 Å². The third-order valence-electron chi connectivity index (χ3n) is 7.00. The molecule has 4 aromatic carbocycles. The van der Waals surface area contributed by atoms with Gasteiger partial charge in [0.15, 0.2) is 0 Å². The fourth-order valence-corrected chi connectivity index (χ4v) is 4.51. The molecule has 0 heterocycles. The number of benzene rings is 4. The summed E-state index contributed by atoms with van der Waals surface area (Å²) in [6.45, 7) is 8.05. The van der Waals surface area contributed by atoms with Gasteiger partial charge in [0.2, 0.25) is 5.41 Å². The van der Waals surface area contributed by atoms with Crippen molar-refractivity contribution < 1.29 is 36.6 Å². The van der Waals surface area contributed by atoms with Gasteiger partial charge in [0.1, 0.15) is 11.5 Å². The van der Waals surface area contributed by atoms with E-state index in [0.29, 0.717) is 23.4 Å². The number of hydrogen-bond donors (Lipinski definition) is 2. The van der Waals surface area contributed by atoms with Gasteiger partial charge in [-0.05, 0) is 60.4 Å². The standard InChI is InChI=1S/C16H12F6O.C16H18O/c1-10-2-4-11(5-3-10)14(15(17,18)19,16(20,21)22)12-6-8-13(23)9-7-12;1-12-4-6-13(7-5-12)16(2,3)14-8-10-15(17)11-9-14/h2-9,23H,1H3;4-11,17H,1-3H3. The highest BCUT2D eigenvalue weighted by molar-refractivity contribution is 5.46. The Kier molecular flexibility index (Phi) is 8.63. The van der Waals surface area contributed by atoms with E-state index in [1.807, 2.05) is 12.1 Å². The average molecular weight is 561 g/mol. The summed E-state index contributed by atoms with van der Waals surface area (Å²) in [5.41, 5.74) is -1.82. The summed E-state index contributed by atoms with van der Waals surface area (Å²) in [5, 5.41) is 18.5. The van der Waals surface area contributed by atoms with Gasteiger partial charge in [-0.2, -0.15) is 26.3 Å². The molecule has 0 aliphatic carbocycles. The fourth-order valence-electron chi connectivity index (χ4n) is 4.51. The van der Waals surface area contributed by atoms with Crippen LogP contribution in [0, 0.1) is 13.8 Å². The van der Waals surface area contributed by atoms with Crippen LogP contribution in [0.2, 0.25) is 0 Å². The topological polar surface area (TPSA) is 40.5 Å². The van der Waals surface area contributed by atoms with Crippen molar-refractivity contribution in [3.63, 3.8) is 0 Å². The normalized spacial score (nSPS) is 12.4. The highest BCUT2D eigenvalue weighted by Crippen LogP contribution is 2.56. The summed E-state index contributed by atoms with van der Waals surface area (Å²) in [4.78, 5) is 0. The molecule has 4 aromatic rings. The zero-order chi connectivity index (χ0) is 29.9. The Hall–Kier alpha value is -3.94. The number of halogens is 6. The molecule has 0 bridgehead atoms. The molecule has 0 aromatic heterocycles. The first-order valence-electron chi connectivity index (χ1n) is 12.4. The highest BCUT2D eigenvalue weighted by atomic mass is 19.4. The lowest BCUT2D eigenvalue weighted by atomic mass is 9.73. The van der Waals surface area contributed by atoms with Crippen LogP contribution >= 0.6 is 0 Å². The van der Waals surface area contributed by atoms with Crippen molar-refractivity contribution in [1.82, 2.24) is 0 Å². The molecule has 0 radical (unpaired) electrons.